The van der Waals surface area contributed by atoms with Crippen LogP contribution in [0.4, 0.5) is 0 Å². The van der Waals surface area contributed by atoms with Crippen molar-refractivity contribution in [1.82, 2.24) is 24.8 Å². The lowest BCUT2D eigenvalue weighted by atomic mass is 10.4. The van der Waals surface area contributed by atoms with E-state index in [9.17, 15) is 13.2 Å². The van der Waals surface area contributed by atoms with E-state index in [2.05, 4.69) is 20.5 Å². The Morgan fingerprint density at radius 3 is 2.85 bits per heavy atom. The smallest absolute Gasteiger partial charge is 0.221 e. The maximum atomic E-state index is 12.0. The fraction of sp³-hybridized carbons (Fsp3) is 0.700. The van der Waals surface area contributed by atoms with E-state index in [1.165, 1.54) is 10.6 Å². The van der Waals surface area contributed by atoms with Gasteiger partial charge in [0.15, 0.2) is 0 Å². The number of carbonyl (C=O) groups excluding carboxylic acids is 1. The fourth-order valence-electron chi connectivity index (χ4n) is 1.76. The lowest BCUT2D eigenvalue weighted by molar-refractivity contribution is -0.120. The molecule has 0 spiro atoms. The molecule has 1 amide bonds. The molecule has 0 bridgehead atoms. The summed E-state index contributed by atoms with van der Waals surface area (Å²) in [5, 5.41) is 8.83. The quantitative estimate of drug-likeness (QED) is 0.658. The van der Waals surface area contributed by atoms with Crippen molar-refractivity contribution in [1.29, 1.82) is 0 Å². The summed E-state index contributed by atoms with van der Waals surface area (Å²) in [7, 11) is -3.39. The number of aromatic amines is 1. The molecule has 0 unspecified atom stereocenters. The minimum Gasteiger partial charge on any atom is -0.379 e. The van der Waals surface area contributed by atoms with Gasteiger partial charge in [-0.05, 0) is 0 Å². The van der Waals surface area contributed by atoms with Crippen LogP contribution in [0.3, 0.4) is 0 Å². The van der Waals surface area contributed by atoms with Crippen LogP contribution < -0.4 is 5.32 Å². The molecule has 1 saturated heterocycles. The number of hydrogen-bond donors (Lipinski definition) is 2. The number of H-pyrrole nitrogens is 1. The highest BCUT2D eigenvalue weighted by molar-refractivity contribution is 7.89. The molecule has 0 radical (unpaired) electrons. The molecule has 1 aromatic heterocycles. The zero-order valence-electron chi connectivity index (χ0n) is 10.9. The minimum atomic E-state index is -3.39. The predicted molar refractivity (Wildman–Crippen MR) is 69.0 cm³/mol. The molecule has 2 heterocycles. The van der Waals surface area contributed by atoms with Crippen molar-refractivity contribution in [3.8, 4) is 0 Å². The molecule has 1 aliphatic rings. The van der Waals surface area contributed by atoms with Crippen molar-refractivity contribution < 1.29 is 17.9 Å². The van der Waals surface area contributed by atoms with Gasteiger partial charge in [-0.25, -0.2) is 13.4 Å². The van der Waals surface area contributed by atoms with Crippen LogP contribution in [0.5, 0.6) is 0 Å². The summed E-state index contributed by atoms with van der Waals surface area (Å²) in [5.41, 5.74) is 0. The highest BCUT2D eigenvalue weighted by Gasteiger charge is 2.24. The van der Waals surface area contributed by atoms with Gasteiger partial charge in [-0.3, -0.25) is 9.89 Å². The Balaban J connectivity index is 1.74. The molecule has 0 saturated carbocycles. The number of nitrogens with zero attached hydrogens (tertiary/aromatic N) is 3. The molecule has 1 fully saturated rings. The van der Waals surface area contributed by atoms with Crippen LogP contribution in [-0.2, 0) is 26.1 Å². The summed E-state index contributed by atoms with van der Waals surface area (Å²) in [6, 6.07) is 0. The lowest BCUT2D eigenvalue weighted by Gasteiger charge is -2.25. The van der Waals surface area contributed by atoms with Crippen molar-refractivity contribution in [3.05, 3.63) is 12.2 Å². The van der Waals surface area contributed by atoms with Crippen LogP contribution in [0, 0.1) is 0 Å². The molecule has 10 heteroatoms. The molecular formula is C10H17N5O4S. The number of amides is 1. The molecule has 112 valence electrons. The van der Waals surface area contributed by atoms with Crippen LogP contribution in [0.1, 0.15) is 12.2 Å². The Morgan fingerprint density at radius 1 is 1.45 bits per heavy atom. The van der Waals surface area contributed by atoms with Gasteiger partial charge in [-0.1, -0.05) is 0 Å². The van der Waals surface area contributed by atoms with Crippen LogP contribution in [0.15, 0.2) is 6.33 Å². The van der Waals surface area contributed by atoms with Crippen molar-refractivity contribution in [2.75, 3.05) is 32.1 Å². The lowest BCUT2D eigenvalue weighted by Crippen LogP contribution is -2.42. The number of ether oxygens (including phenoxy) is 1. The standard InChI is InChI=1S/C10H17N5O4S/c16-10(11-7-9-12-8-13-14-9)1-6-20(17,18)15-2-4-19-5-3-15/h8H,1-7H2,(H,11,16)(H,12,13,14). The van der Waals surface area contributed by atoms with Crippen LogP contribution in [-0.4, -0.2) is 65.9 Å². The van der Waals surface area contributed by atoms with E-state index in [1.54, 1.807) is 0 Å². The van der Waals surface area contributed by atoms with E-state index in [0.29, 0.717) is 32.1 Å². The van der Waals surface area contributed by atoms with Crippen LogP contribution >= 0.6 is 0 Å². The largest absolute Gasteiger partial charge is 0.379 e. The van der Waals surface area contributed by atoms with Crippen LogP contribution in [0.25, 0.3) is 0 Å². The second kappa shape index (κ2) is 6.77. The SMILES string of the molecule is O=C(CCS(=O)(=O)N1CCOCC1)NCc1ncn[nH]1. The van der Waals surface area contributed by atoms with E-state index in [1.807, 2.05) is 0 Å². The Hall–Kier alpha value is -1.52. The number of rotatable bonds is 6. The van der Waals surface area contributed by atoms with Gasteiger partial charge >= 0.3 is 0 Å². The topological polar surface area (TPSA) is 117 Å². The Morgan fingerprint density at radius 2 is 2.20 bits per heavy atom. The first kappa shape index (κ1) is 14.9. The maximum absolute atomic E-state index is 12.0. The second-order valence-electron chi connectivity index (χ2n) is 4.29. The molecule has 2 rings (SSSR count). The average molecular weight is 303 g/mol. The summed E-state index contributed by atoms with van der Waals surface area (Å²) in [6.45, 7) is 1.70. The third-order valence-corrected chi connectivity index (χ3v) is 4.74. The third kappa shape index (κ3) is 4.25. The number of aromatic nitrogens is 3. The maximum Gasteiger partial charge on any atom is 0.221 e. The van der Waals surface area contributed by atoms with E-state index in [-0.39, 0.29) is 24.6 Å². The van der Waals surface area contributed by atoms with Gasteiger partial charge in [-0.2, -0.15) is 9.40 Å². The number of sulfonamides is 1. The van der Waals surface area contributed by atoms with Gasteiger partial charge < -0.3 is 10.1 Å². The number of nitrogens with one attached hydrogen (secondary N) is 2. The minimum absolute atomic E-state index is 0.0756. The second-order valence-corrected chi connectivity index (χ2v) is 6.37. The van der Waals surface area contributed by atoms with E-state index >= 15 is 0 Å². The van der Waals surface area contributed by atoms with Crippen molar-refractivity contribution in [3.63, 3.8) is 0 Å². The molecule has 2 N–H and O–H groups in total. The summed E-state index contributed by atoms with van der Waals surface area (Å²) < 4.78 is 30.4. The summed E-state index contributed by atoms with van der Waals surface area (Å²) >= 11 is 0. The number of hydrogen-bond acceptors (Lipinski definition) is 6. The Labute approximate surface area is 116 Å². The number of morpholine rings is 1. The normalized spacial score (nSPS) is 17.0. The first-order chi connectivity index (χ1) is 9.58. The molecule has 1 aromatic rings. The molecule has 0 atom stereocenters. The fourth-order valence-corrected chi connectivity index (χ4v) is 3.17. The monoisotopic (exact) mass is 303 g/mol. The van der Waals surface area contributed by atoms with E-state index < -0.39 is 10.0 Å². The zero-order valence-corrected chi connectivity index (χ0v) is 11.7. The summed E-state index contributed by atoms with van der Waals surface area (Å²) in [4.78, 5) is 15.4. The van der Waals surface area contributed by atoms with E-state index in [4.69, 9.17) is 4.74 Å². The predicted octanol–water partition coefficient (Wildman–Crippen LogP) is -1.53. The van der Waals surface area contributed by atoms with Gasteiger partial charge in [0.05, 0.1) is 25.5 Å². The van der Waals surface area contributed by atoms with Gasteiger partial charge in [-0.15, -0.1) is 0 Å². The zero-order chi connectivity index (χ0) is 14.4. The average Bonchev–Trinajstić information content (AvgIpc) is 2.97. The molecule has 9 nitrogen and oxygen atoms in total. The van der Waals surface area contributed by atoms with Crippen molar-refractivity contribution in [2.45, 2.75) is 13.0 Å². The first-order valence-corrected chi connectivity index (χ1v) is 7.85. The van der Waals surface area contributed by atoms with Gasteiger partial charge in [0, 0.05) is 19.5 Å². The molecule has 1 aliphatic heterocycles. The van der Waals surface area contributed by atoms with Gasteiger partial charge in [0.1, 0.15) is 12.2 Å². The molecule has 0 aromatic carbocycles. The highest BCUT2D eigenvalue weighted by atomic mass is 32.2. The molecule has 20 heavy (non-hydrogen) atoms. The van der Waals surface area contributed by atoms with Gasteiger partial charge in [0.2, 0.25) is 15.9 Å². The summed E-state index contributed by atoms with van der Waals surface area (Å²) in [5.74, 6) is -0.0116. The first-order valence-electron chi connectivity index (χ1n) is 6.24. The highest BCUT2D eigenvalue weighted by Crippen LogP contribution is 2.06. The number of carbonyl (C=O) groups is 1. The Kier molecular flexibility index (Phi) is 5.04. The molecule has 0 aliphatic carbocycles. The van der Waals surface area contributed by atoms with Crippen LogP contribution in [0.2, 0.25) is 0 Å². The van der Waals surface area contributed by atoms with Crippen molar-refractivity contribution in [2.24, 2.45) is 0 Å². The van der Waals surface area contributed by atoms with E-state index in [0.717, 1.165) is 0 Å². The summed E-state index contributed by atoms with van der Waals surface area (Å²) in [6.07, 6.45) is 1.26. The van der Waals surface area contributed by atoms with Crippen molar-refractivity contribution >= 4 is 15.9 Å². The van der Waals surface area contributed by atoms with Gasteiger partial charge in [0.25, 0.3) is 0 Å². The molecular weight excluding hydrogens is 286 g/mol. The third-order valence-electron chi connectivity index (χ3n) is 2.87. The Bertz CT molecular complexity index is 524.